The molecule has 6 nitrogen and oxygen atoms in total. The summed E-state index contributed by atoms with van der Waals surface area (Å²) in [5.41, 5.74) is 1.79. The Morgan fingerprint density at radius 2 is 2.04 bits per heavy atom. The van der Waals surface area contributed by atoms with Crippen LogP contribution >= 0.6 is 0 Å². The maximum atomic E-state index is 13.3. The Morgan fingerprint density at radius 3 is 2.82 bits per heavy atom. The molecule has 4 rings (SSSR count). The number of rotatable bonds is 7. The van der Waals surface area contributed by atoms with E-state index in [-0.39, 0.29) is 11.9 Å². The van der Waals surface area contributed by atoms with Gasteiger partial charge in [0, 0.05) is 25.7 Å². The average Bonchev–Trinajstić information content (AvgIpc) is 3.15. The lowest BCUT2D eigenvalue weighted by molar-refractivity contribution is -0.00681. The normalized spacial score (nSPS) is 15.8. The van der Waals surface area contributed by atoms with Gasteiger partial charge in [0.2, 0.25) is 5.89 Å². The van der Waals surface area contributed by atoms with Gasteiger partial charge in [-0.3, -0.25) is 9.88 Å². The predicted molar refractivity (Wildman–Crippen MR) is 101 cm³/mol. The van der Waals surface area contributed by atoms with Crippen LogP contribution in [-0.2, 0) is 24.3 Å². The van der Waals surface area contributed by atoms with Crippen molar-refractivity contribution in [2.75, 3.05) is 13.1 Å². The van der Waals surface area contributed by atoms with E-state index >= 15 is 0 Å². The zero-order valence-corrected chi connectivity index (χ0v) is 15.6. The van der Waals surface area contributed by atoms with E-state index in [1.165, 1.54) is 12.1 Å². The van der Waals surface area contributed by atoms with Crippen molar-refractivity contribution >= 4 is 0 Å². The van der Waals surface area contributed by atoms with Gasteiger partial charge in [-0.1, -0.05) is 23.4 Å². The summed E-state index contributed by atoms with van der Waals surface area (Å²) in [4.78, 5) is 11.0. The van der Waals surface area contributed by atoms with E-state index in [0.717, 1.165) is 37.2 Å². The third kappa shape index (κ3) is 5.21. The first-order chi connectivity index (χ1) is 13.7. The average molecular weight is 382 g/mol. The van der Waals surface area contributed by atoms with E-state index in [9.17, 15) is 4.39 Å². The minimum absolute atomic E-state index is 0.254. The summed E-state index contributed by atoms with van der Waals surface area (Å²) in [5.74, 6) is 0.919. The smallest absolute Gasteiger partial charge is 0.240 e. The second kappa shape index (κ2) is 9.03. The van der Waals surface area contributed by atoms with Gasteiger partial charge in [-0.05, 0) is 42.7 Å². The molecule has 28 heavy (non-hydrogen) atoms. The third-order valence-corrected chi connectivity index (χ3v) is 4.85. The number of piperidine rings is 1. The number of benzene rings is 1. The number of hydrogen-bond acceptors (Lipinski definition) is 6. The summed E-state index contributed by atoms with van der Waals surface area (Å²) in [7, 11) is 0. The zero-order valence-electron chi connectivity index (χ0n) is 15.6. The first-order valence-electron chi connectivity index (χ1n) is 9.54. The summed E-state index contributed by atoms with van der Waals surface area (Å²) < 4.78 is 24.6. The van der Waals surface area contributed by atoms with Gasteiger partial charge in [-0.15, -0.1) is 0 Å². The van der Waals surface area contributed by atoms with Crippen LogP contribution in [0.25, 0.3) is 0 Å². The fraction of sp³-hybridized carbons (Fsp3) is 0.381. The Kier molecular flexibility index (Phi) is 6.04. The van der Waals surface area contributed by atoms with Gasteiger partial charge in [-0.2, -0.15) is 4.98 Å². The quantitative estimate of drug-likeness (QED) is 0.624. The van der Waals surface area contributed by atoms with Crippen molar-refractivity contribution < 1.29 is 13.7 Å². The van der Waals surface area contributed by atoms with Crippen LogP contribution in [0.1, 0.15) is 35.8 Å². The van der Waals surface area contributed by atoms with Gasteiger partial charge in [0.15, 0.2) is 5.82 Å². The van der Waals surface area contributed by atoms with Crippen LogP contribution in [-0.4, -0.2) is 39.2 Å². The fourth-order valence-corrected chi connectivity index (χ4v) is 3.37. The monoisotopic (exact) mass is 382 g/mol. The van der Waals surface area contributed by atoms with Gasteiger partial charge >= 0.3 is 0 Å². The van der Waals surface area contributed by atoms with Crippen molar-refractivity contribution in [2.24, 2.45) is 0 Å². The highest BCUT2D eigenvalue weighted by molar-refractivity contribution is 5.19. The van der Waals surface area contributed by atoms with Crippen molar-refractivity contribution in [2.45, 2.75) is 38.5 Å². The second-order valence-electron chi connectivity index (χ2n) is 7.02. The highest BCUT2D eigenvalue weighted by Gasteiger charge is 2.21. The number of pyridine rings is 1. The van der Waals surface area contributed by atoms with Crippen LogP contribution in [0, 0.1) is 5.82 Å². The minimum atomic E-state index is -0.255. The minimum Gasteiger partial charge on any atom is -0.372 e. The maximum Gasteiger partial charge on any atom is 0.240 e. The molecule has 1 fully saturated rings. The maximum absolute atomic E-state index is 13.3. The molecule has 1 aromatic carbocycles. The van der Waals surface area contributed by atoms with Crippen LogP contribution in [0.4, 0.5) is 4.39 Å². The highest BCUT2D eigenvalue weighted by Crippen LogP contribution is 2.17. The number of aromatic nitrogens is 3. The van der Waals surface area contributed by atoms with Gasteiger partial charge in [-0.25, -0.2) is 4.39 Å². The molecule has 0 saturated carbocycles. The van der Waals surface area contributed by atoms with Crippen LogP contribution in [0.15, 0.2) is 53.2 Å². The van der Waals surface area contributed by atoms with Crippen LogP contribution in [0.3, 0.4) is 0 Å². The van der Waals surface area contributed by atoms with Crippen LogP contribution < -0.4 is 0 Å². The summed E-state index contributed by atoms with van der Waals surface area (Å²) in [6, 6.07) is 12.3. The number of halogens is 1. The molecule has 0 radical (unpaired) electrons. The van der Waals surface area contributed by atoms with Gasteiger partial charge in [0.05, 0.1) is 24.9 Å². The van der Waals surface area contributed by atoms with E-state index in [4.69, 9.17) is 9.26 Å². The molecule has 0 aliphatic carbocycles. The topological polar surface area (TPSA) is 64.3 Å². The second-order valence-corrected chi connectivity index (χ2v) is 7.02. The Balaban J connectivity index is 1.22. The number of hydrogen-bond donors (Lipinski definition) is 0. The molecule has 0 unspecified atom stereocenters. The standard InChI is InChI=1S/C21H23FN4O2/c22-17-5-3-4-16(12-17)13-20-24-21(28-25-20)14-26-10-7-19(8-11-26)27-15-18-6-1-2-9-23-18/h1-6,9,12,19H,7-8,10-11,13-15H2. The summed E-state index contributed by atoms with van der Waals surface area (Å²) in [6.45, 7) is 3.03. The van der Waals surface area contributed by atoms with E-state index in [2.05, 4.69) is 20.0 Å². The van der Waals surface area contributed by atoms with E-state index < -0.39 is 0 Å². The number of ether oxygens (including phenoxy) is 1. The summed E-state index contributed by atoms with van der Waals surface area (Å²) >= 11 is 0. The molecule has 7 heteroatoms. The zero-order chi connectivity index (χ0) is 19.2. The molecule has 146 valence electrons. The molecule has 1 aliphatic heterocycles. The molecule has 2 aromatic heterocycles. The Labute approximate surface area is 163 Å². The van der Waals surface area contributed by atoms with Crippen molar-refractivity contribution in [1.29, 1.82) is 0 Å². The molecule has 3 aromatic rings. The number of likely N-dealkylation sites (tertiary alicyclic amines) is 1. The molecule has 1 saturated heterocycles. The Hall–Kier alpha value is -2.64. The first kappa shape index (κ1) is 18.7. The van der Waals surface area contributed by atoms with Crippen molar-refractivity contribution in [3.8, 4) is 0 Å². The first-order valence-corrected chi connectivity index (χ1v) is 9.54. The third-order valence-electron chi connectivity index (χ3n) is 4.85. The molecule has 0 amide bonds. The predicted octanol–water partition coefficient (Wildman–Crippen LogP) is 3.38. The van der Waals surface area contributed by atoms with Crippen molar-refractivity contribution in [1.82, 2.24) is 20.0 Å². The molecular formula is C21H23FN4O2. The summed E-state index contributed by atoms with van der Waals surface area (Å²) in [6.07, 6.45) is 4.44. The summed E-state index contributed by atoms with van der Waals surface area (Å²) in [5, 5.41) is 4.02. The lowest BCUT2D eigenvalue weighted by atomic mass is 10.1. The molecule has 1 aliphatic rings. The molecule has 0 bridgehead atoms. The number of nitrogens with zero attached hydrogens (tertiary/aromatic N) is 4. The largest absolute Gasteiger partial charge is 0.372 e. The van der Waals surface area contributed by atoms with Gasteiger partial charge in [0.1, 0.15) is 5.82 Å². The van der Waals surface area contributed by atoms with Crippen LogP contribution in [0.2, 0.25) is 0 Å². The van der Waals surface area contributed by atoms with E-state index in [1.807, 2.05) is 24.3 Å². The van der Waals surface area contributed by atoms with Crippen LogP contribution in [0.5, 0.6) is 0 Å². The molecule has 0 N–H and O–H groups in total. The van der Waals surface area contributed by atoms with Gasteiger partial charge in [0.25, 0.3) is 0 Å². The Morgan fingerprint density at radius 1 is 1.14 bits per heavy atom. The highest BCUT2D eigenvalue weighted by atomic mass is 19.1. The molecule has 0 spiro atoms. The fourth-order valence-electron chi connectivity index (χ4n) is 3.37. The Bertz CT molecular complexity index is 879. The van der Waals surface area contributed by atoms with E-state index in [0.29, 0.717) is 31.3 Å². The van der Waals surface area contributed by atoms with Crippen molar-refractivity contribution in [3.63, 3.8) is 0 Å². The van der Waals surface area contributed by atoms with Crippen molar-refractivity contribution in [3.05, 3.63) is 77.5 Å². The molecule has 3 heterocycles. The van der Waals surface area contributed by atoms with Gasteiger partial charge < -0.3 is 9.26 Å². The molecule has 0 atom stereocenters. The molecular weight excluding hydrogens is 359 g/mol. The lowest BCUT2D eigenvalue weighted by Gasteiger charge is -2.30. The SMILES string of the molecule is Fc1cccc(Cc2noc(CN3CCC(OCc4ccccn4)CC3)n2)c1. The lowest BCUT2D eigenvalue weighted by Crippen LogP contribution is -2.36. The van der Waals surface area contributed by atoms with E-state index in [1.54, 1.807) is 12.3 Å².